The van der Waals surface area contributed by atoms with Crippen LogP contribution in [0.2, 0.25) is 0 Å². The van der Waals surface area contributed by atoms with Crippen molar-refractivity contribution in [3.05, 3.63) is 29.8 Å². The topological polar surface area (TPSA) is 38.5 Å². The van der Waals surface area contributed by atoms with Gasteiger partial charge in [-0.15, -0.1) is 0 Å². The van der Waals surface area contributed by atoms with Crippen LogP contribution >= 0.6 is 0 Å². The summed E-state index contributed by atoms with van der Waals surface area (Å²) in [6.45, 7) is 7.58. The monoisotopic (exact) mass is 250 g/mol. The predicted octanol–water partition coefficient (Wildman–Crippen LogP) is 2.67. The SMILES string of the molecule is COc1ccc(C(N)CN(C)C(C)C(C)C)cc1. The molecule has 2 atom stereocenters. The molecular weight excluding hydrogens is 224 g/mol. The highest BCUT2D eigenvalue weighted by Crippen LogP contribution is 2.18. The Morgan fingerprint density at radius 3 is 2.17 bits per heavy atom. The van der Waals surface area contributed by atoms with E-state index in [-0.39, 0.29) is 6.04 Å². The molecule has 1 aromatic carbocycles. The van der Waals surface area contributed by atoms with Gasteiger partial charge in [0.1, 0.15) is 5.75 Å². The van der Waals surface area contributed by atoms with Crippen molar-refractivity contribution in [2.75, 3.05) is 20.7 Å². The fourth-order valence-electron chi connectivity index (χ4n) is 1.94. The Kier molecular flexibility index (Phi) is 5.63. The summed E-state index contributed by atoms with van der Waals surface area (Å²) in [5.41, 5.74) is 7.39. The maximum Gasteiger partial charge on any atom is 0.118 e. The lowest BCUT2D eigenvalue weighted by Crippen LogP contribution is -2.38. The van der Waals surface area contributed by atoms with Crippen molar-refractivity contribution in [2.45, 2.75) is 32.9 Å². The van der Waals surface area contributed by atoms with E-state index in [4.69, 9.17) is 10.5 Å². The molecule has 3 nitrogen and oxygen atoms in total. The third kappa shape index (κ3) is 4.00. The van der Waals surface area contributed by atoms with E-state index >= 15 is 0 Å². The van der Waals surface area contributed by atoms with Gasteiger partial charge in [0.25, 0.3) is 0 Å². The molecule has 0 aliphatic heterocycles. The summed E-state index contributed by atoms with van der Waals surface area (Å²) in [6.07, 6.45) is 0. The molecule has 1 aromatic rings. The van der Waals surface area contributed by atoms with Gasteiger partial charge in [0.05, 0.1) is 7.11 Å². The fraction of sp³-hybridized carbons (Fsp3) is 0.600. The summed E-state index contributed by atoms with van der Waals surface area (Å²) in [7, 11) is 3.81. The molecule has 0 radical (unpaired) electrons. The third-order valence-electron chi connectivity index (χ3n) is 3.69. The van der Waals surface area contributed by atoms with Crippen molar-refractivity contribution < 1.29 is 4.74 Å². The summed E-state index contributed by atoms with van der Waals surface area (Å²) >= 11 is 0. The first kappa shape index (κ1) is 15.0. The number of nitrogens with zero attached hydrogens (tertiary/aromatic N) is 1. The van der Waals surface area contributed by atoms with E-state index in [0.29, 0.717) is 12.0 Å². The zero-order valence-electron chi connectivity index (χ0n) is 12.2. The molecule has 2 unspecified atom stereocenters. The molecule has 0 fully saturated rings. The Morgan fingerprint density at radius 2 is 1.72 bits per heavy atom. The van der Waals surface area contributed by atoms with Crippen LogP contribution in [0.1, 0.15) is 32.4 Å². The van der Waals surface area contributed by atoms with E-state index in [1.165, 1.54) is 0 Å². The Labute approximate surface area is 111 Å². The minimum absolute atomic E-state index is 0.0436. The molecule has 1 rings (SSSR count). The van der Waals surface area contributed by atoms with E-state index in [1.807, 2.05) is 24.3 Å². The van der Waals surface area contributed by atoms with Crippen molar-refractivity contribution in [2.24, 2.45) is 11.7 Å². The second-order valence-electron chi connectivity index (χ2n) is 5.30. The van der Waals surface area contributed by atoms with Gasteiger partial charge in [-0.1, -0.05) is 26.0 Å². The number of likely N-dealkylation sites (N-methyl/N-ethyl adjacent to an activating group) is 1. The Morgan fingerprint density at radius 1 is 1.17 bits per heavy atom. The van der Waals surface area contributed by atoms with E-state index in [1.54, 1.807) is 7.11 Å². The van der Waals surface area contributed by atoms with Gasteiger partial charge in [-0.3, -0.25) is 0 Å². The molecule has 0 amide bonds. The Hall–Kier alpha value is -1.06. The van der Waals surface area contributed by atoms with Crippen molar-refractivity contribution in [1.29, 1.82) is 0 Å². The number of methoxy groups -OCH3 is 1. The van der Waals surface area contributed by atoms with Gasteiger partial charge in [0, 0.05) is 18.6 Å². The Bertz CT molecular complexity index is 348. The van der Waals surface area contributed by atoms with Crippen molar-refractivity contribution >= 4 is 0 Å². The van der Waals surface area contributed by atoms with Crippen LogP contribution in [0.15, 0.2) is 24.3 Å². The smallest absolute Gasteiger partial charge is 0.118 e. The minimum Gasteiger partial charge on any atom is -0.497 e. The lowest BCUT2D eigenvalue weighted by molar-refractivity contribution is 0.197. The molecule has 0 saturated heterocycles. The summed E-state index contributed by atoms with van der Waals surface area (Å²) < 4.78 is 5.15. The van der Waals surface area contributed by atoms with Crippen LogP contribution in [0.5, 0.6) is 5.75 Å². The van der Waals surface area contributed by atoms with Gasteiger partial charge in [-0.2, -0.15) is 0 Å². The number of rotatable bonds is 6. The van der Waals surface area contributed by atoms with E-state index in [2.05, 4.69) is 32.7 Å². The lowest BCUT2D eigenvalue weighted by atomic mass is 10.0. The van der Waals surface area contributed by atoms with Crippen LogP contribution in [-0.4, -0.2) is 31.6 Å². The third-order valence-corrected chi connectivity index (χ3v) is 3.69. The van der Waals surface area contributed by atoms with Gasteiger partial charge >= 0.3 is 0 Å². The van der Waals surface area contributed by atoms with Gasteiger partial charge in [-0.05, 0) is 37.6 Å². The molecule has 0 aromatic heterocycles. The molecule has 0 aliphatic carbocycles. The highest BCUT2D eigenvalue weighted by atomic mass is 16.5. The molecule has 0 aliphatic rings. The number of nitrogens with two attached hydrogens (primary N) is 1. The first-order chi connectivity index (χ1) is 8.45. The van der Waals surface area contributed by atoms with Crippen LogP contribution in [-0.2, 0) is 0 Å². The van der Waals surface area contributed by atoms with E-state index < -0.39 is 0 Å². The van der Waals surface area contributed by atoms with E-state index in [0.717, 1.165) is 17.9 Å². The van der Waals surface area contributed by atoms with Gasteiger partial charge < -0.3 is 15.4 Å². The summed E-state index contributed by atoms with van der Waals surface area (Å²) in [5.74, 6) is 1.51. The molecule has 0 heterocycles. The highest BCUT2D eigenvalue weighted by Gasteiger charge is 2.16. The lowest BCUT2D eigenvalue weighted by Gasteiger charge is -2.30. The van der Waals surface area contributed by atoms with Crippen molar-refractivity contribution in [3.63, 3.8) is 0 Å². The molecule has 102 valence electrons. The number of hydrogen-bond acceptors (Lipinski definition) is 3. The normalized spacial score (nSPS) is 14.9. The van der Waals surface area contributed by atoms with Crippen LogP contribution in [0.4, 0.5) is 0 Å². The van der Waals surface area contributed by atoms with Crippen LogP contribution in [0.3, 0.4) is 0 Å². The Balaban J connectivity index is 2.61. The number of ether oxygens (including phenoxy) is 1. The summed E-state index contributed by atoms with van der Waals surface area (Å²) in [4.78, 5) is 2.32. The maximum absolute atomic E-state index is 6.24. The molecule has 3 heteroatoms. The second kappa shape index (κ2) is 6.76. The molecule has 18 heavy (non-hydrogen) atoms. The zero-order chi connectivity index (χ0) is 13.7. The van der Waals surface area contributed by atoms with Gasteiger partial charge in [-0.25, -0.2) is 0 Å². The first-order valence-corrected chi connectivity index (χ1v) is 6.55. The molecule has 0 bridgehead atoms. The minimum atomic E-state index is 0.0436. The average Bonchev–Trinajstić information content (AvgIpc) is 2.37. The van der Waals surface area contributed by atoms with Crippen LogP contribution in [0.25, 0.3) is 0 Å². The predicted molar refractivity (Wildman–Crippen MR) is 76.9 cm³/mol. The van der Waals surface area contributed by atoms with Crippen LogP contribution < -0.4 is 10.5 Å². The molecule has 0 spiro atoms. The van der Waals surface area contributed by atoms with Crippen molar-refractivity contribution in [3.8, 4) is 5.75 Å². The molecule has 2 N–H and O–H groups in total. The zero-order valence-corrected chi connectivity index (χ0v) is 12.2. The van der Waals surface area contributed by atoms with Crippen LogP contribution in [0, 0.1) is 5.92 Å². The van der Waals surface area contributed by atoms with Crippen molar-refractivity contribution in [1.82, 2.24) is 4.90 Å². The molecule has 0 saturated carbocycles. The quantitative estimate of drug-likeness (QED) is 0.843. The standard InChI is InChI=1S/C15H26N2O/c1-11(2)12(3)17(4)10-15(16)13-6-8-14(18-5)9-7-13/h6-9,11-12,15H,10,16H2,1-5H3. The fourth-order valence-corrected chi connectivity index (χ4v) is 1.94. The number of benzene rings is 1. The maximum atomic E-state index is 6.24. The number of hydrogen-bond donors (Lipinski definition) is 1. The van der Waals surface area contributed by atoms with Gasteiger partial charge in [0.15, 0.2) is 0 Å². The van der Waals surface area contributed by atoms with Gasteiger partial charge in [0.2, 0.25) is 0 Å². The highest BCUT2D eigenvalue weighted by molar-refractivity contribution is 5.29. The second-order valence-corrected chi connectivity index (χ2v) is 5.30. The summed E-state index contributed by atoms with van der Waals surface area (Å²) in [5, 5.41) is 0. The average molecular weight is 250 g/mol. The largest absolute Gasteiger partial charge is 0.497 e. The molecular formula is C15H26N2O. The summed E-state index contributed by atoms with van der Waals surface area (Å²) in [6, 6.07) is 8.58. The first-order valence-electron chi connectivity index (χ1n) is 6.55. The van der Waals surface area contributed by atoms with E-state index in [9.17, 15) is 0 Å².